The van der Waals surface area contributed by atoms with Crippen LogP contribution in [0.25, 0.3) is 0 Å². The Hall–Kier alpha value is -5.03. The molecular weight excluding hydrogens is 664 g/mol. The number of allylic oxidation sites excluding steroid dienone is 2. The summed E-state index contributed by atoms with van der Waals surface area (Å²) in [5.74, 6) is -4.15. The number of ether oxygens (including phenoxy) is 3. The first-order chi connectivity index (χ1) is 24.5. The Morgan fingerprint density at radius 2 is 1.65 bits per heavy atom. The molecule has 0 saturated heterocycles. The Morgan fingerprint density at radius 3 is 2.31 bits per heavy atom. The van der Waals surface area contributed by atoms with Crippen LogP contribution in [0.5, 0.6) is 0 Å². The Kier molecular flexibility index (Phi) is 9.32. The van der Waals surface area contributed by atoms with E-state index in [4.69, 9.17) is 19.9 Å². The van der Waals surface area contributed by atoms with E-state index in [1.165, 1.54) is 13.0 Å². The van der Waals surface area contributed by atoms with E-state index in [1.54, 1.807) is 81.5 Å². The van der Waals surface area contributed by atoms with E-state index in [0.717, 1.165) is 0 Å². The molecule has 2 bridgehead atoms. The number of esters is 3. The maximum atomic E-state index is 15.1. The standard InChI is InChI=1S/C41H46N2O9/c1-8-21(2)37(47)52-35-25(20-50-38(48)27-14-10-12-16-31(27)43-36(46)26-13-9-11-15-30(26)42)18-28-32-29(39(32,6)7)17-23(4)40(33(28)45)19-22(3)34(41(35,40)49)51-24(5)44/h8-16,18-19,23,28-29,32,34-35,49H,17,20,42H2,1-7H3,(H,43,46)/b21-8+/t23-,28+,29-,32+,34+,35-,40+,41-/m1/s1. The zero-order chi connectivity index (χ0) is 37.9. The molecular formula is C41H46N2O9. The van der Waals surface area contributed by atoms with Crippen molar-refractivity contribution >= 4 is 41.0 Å². The van der Waals surface area contributed by atoms with Gasteiger partial charge in [-0.2, -0.15) is 0 Å². The van der Waals surface area contributed by atoms with Crippen LogP contribution in [0.2, 0.25) is 0 Å². The molecule has 11 nitrogen and oxygen atoms in total. The van der Waals surface area contributed by atoms with Crippen LogP contribution >= 0.6 is 0 Å². The van der Waals surface area contributed by atoms with Gasteiger partial charge >= 0.3 is 17.9 Å². The number of nitrogens with two attached hydrogens (primary N) is 1. The van der Waals surface area contributed by atoms with Crippen LogP contribution in [0.1, 0.15) is 75.6 Å². The van der Waals surface area contributed by atoms with Crippen molar-refractivity contribution in [2.45, 2.75) is 72.7 Å². The van der Waals surface area contributed by atoms with Gasteiger partial charge in [0.2, 0.25) is 0 Å². The number of Topliss-reactive ketones (excluding diaryl/α,β-unsaturated/α-hetero) is 1. The van der Waals surface area contributed by atoms with E-state index < -0.39 is 65.5 Å². The molecule has 1 spiro atoms. The first-order valence-electron chi connectivity index (χ1n) is 17.6. The fourth-order valence-corrected chi connectivity index (χ4v) is 9.10. The highest BCUT2D eigenvalue weighted by atomic mass is 16.6. The molecule has 0 aliphatic heterocycles. The largest absolute Gasteiger partial charge is 0.457 e. The second-order valence-electron chi connectivity index (χ2n) is 15.2. The predicted molar refractivity (Wildman–Crippen MR) is 193 cm³/mol. The summed E-state index contributed by atoms with van der Waals surface area (Å²) >= 11 is 0. The summed E-state index contributed by atoms with van der Waals surface area (Å²) in [7, 11) is 0. The lowest BCUT2D eigenvalue weighted by molar-refractivity contribution is -0.210. The number of rotatable bonds is 8. The van der Waals surface area contributed by atoms with Crippen molar-refractivity contribution < 1.29 is 43.3 Å². The highest BCUT2D eigenvalue weighted by Crippen LogP contribution is 2.72. The van der Waals surface area contributed by atoms with Crippen molar-refractivity contribution in [1.29, 1.82) is 0 Å². The zero-order valence-electron chi connectivity index (χ0n) is 30.5. The van der Waals surface area contributed by atoms with E-state index >= 15 is 4.79 Å². The smallest absolute Gasteiger partial charge is 0.340 e. The van der Waals surface area contributed by atoms with E-state index in [-0.39, 0.29) is 56.7 Å². The SMILES string of the molecule is C/C=C(\C)C(=O)O[C@@H]1C(COC(=O)c2ccccc2NC(=O)c2ccccc2N)=C[C@@H]2C(=O)[C@]3(C=C(C)[C@H](OC(C)=O)[C@@]13O)[C@H](C)C[C@@H]1[C@H]2C1(C)C. The van der Waals surface area contributed by atoms with Crippen molar-refractivity contribution in [3.8, 4) is 0 Å². The molecule has 2 fully saturated rings. The molecule has 0 unspecified atom stereocenters. The first kappa shape index (κ1) is 36.8. The van der Waals surface area contributed by atoms with E-state index in [0.29, 0.717) is 12.0 Å². The number of fused-ring (bicyclic) bond motifs is 3. The van der Waals surface area contributed by atoms with Crippen molar-refractivity contribution in [2.24, 2.45) is 34.5 Å². The third kappa shape index (κ3) is 5.66. The van der Waals surface area contributed by atoms with Gasteiger partial charge in [-0.25, -0.2) is 9.59 Å². The van der Waals surface area contributed by atoms with Gasteiger partial charge < -0.3 is 30.4 Å². The molecule has 6 rings (SSSR count). The fraction of sp³-hybridized carbons (Fsp3) is 0.439. The lowest BCUT2D eigenvalue weighted by atomic mass is 9.59. The molecule has 52 heavy (non-hydrogen) atoms. The Morgan fingerprint density at radius 1 is 1.00 bits per heavy atom. The average Bonchev–Trinajstić information content (AvgIpc) is 3.60. The lowest BCUT2D eigenvalue weighted by Gasteiger charge is -2.49. The molecule has 1 amide bonds. The van der Waals surface area contributed by atoms with Gasteiger partial charge in [0, 0.05) is 29.7 Å². The molecule has 11 heteroatoms. The first-order valence-corrected chi connectivity index (χ1v) is 17.6. The normalized spacial score (nSPS) is 31.4. The molecule has 4 N–H and O–H groups in total. The third-order valence-corrected chi connectivity index (χ3v) is 11.9. The zero-order valence-corrected chi connectivity index (χ0v) is 30.5. The van der Waals surface area contributed by atoms with Crippen molar-refractivity contribution in [1.82, 2.24) is 0 Å². The highest BCUT2D eigenvalue weighted by Gasteiger charge is 2.77. The molecule has 8 atom stereocenters. The summed E-state index contributed by atoms with van der Waals surface area (Å²) in [6.07, 6.45) is 2.67. The number of hydrogen-bond acceptors (Lipinski definition) is 10. The van der Waals surface area contributed by atoms with Crippen LogP contribution in [0.15, 0.2) is 83.5 Å². The monoisotopic (exact) mass is 710 g/mol. The Labute approximate surface area is 303 Å². The van der Waals surface area contributed by atoms with Crippen molar-refractivity contribution in [3.63, 3.8) is 0 Å². The number of amides is 1. The molecule has 2 aromatic rings. The Balaban J connectivity index is 1.43. The number of anilines is 2. The van der Waals surface area contributed by atoms with Gasteiger partial charge in [-0.05, 0) is 80.2 Å². The minimum absolute atomic E-state index is 0.0351. The summed E-state index contributed by atoms with van der Waals surface area (Å²) in [6, 6.07) is 12.8. The number of carbonyl (C=O) groups excluding carboxylic acids is 5. The third-order valence-electron chi connectivity index (χ3n) is 11.9. The number of para-hydroxylation sites is 2. The summed E-state index contributed by atoms with van der Waals surface area (Å²) in [5, 5.41) is 16.0. The van der Waals surface area contributed by atoms with Gasteiger partial charge in [0.25, 0.3) is 5.91 Å². The van der Waals surface area contributed by atoms with Gasteiger partial charge in [-0.3, -0.25) is 14.4 Å². The maximum Gasteiger partial charge on any atom is 0.340 e. The van der Waals surface area contributed by atoms with Crippen molar-refractivity contribution in [3.05, 3.63) is 94.6 Å². The van der Waals surface area contributed by atoms with Crippen LogP contribution in [-0.4, -0.2) is 59.1 Å². The summed E-state index contributed by atoms with van der Waals surface area (Å²) < 4.78 is 17.9. The fourth-order valence-electron chi connectivity index (χ4n) is 9.10. The molecule has 2 aromatic carbocycles. The van der Waals surface area contributed by atoms with Crippen LogP contribution in [-0.2, 0) is 28.6 Å². The molecule has 4 aliphatic rings. The minimum atomic E-state index is -2.28. The lowest BCUT2D eigenvalue weighted by Crippen LogP contribution is -2.66. The molecule has 0 aromatic heterocycles. The van der Waals surface area contributed by atoms with Crippen LogP contribution in [0.4, 0.5) is 11.4 Å². The summed E-state index contributed by atoms with van der Waals surface area (Å²) in [5.41, 5.74) is 3.51. The molecule has 0 radical (unpaired) electrons. The highest BCUT2D eigenvalue weighted by molar-refractivity contribution is 6.10. The van der Waals surface area contributed by atoms with Crippen LogP contribution in [0.3, 0.4) is 0 Å². The quantitative estimate of drug-likeness (QED) is 0.103. The topological polar surface area (TPSA) is 171 Å². The molecule has 4 aliphatic carbocycles. The predicted octanol–water partition coefficient (Wildman–Crippen LogP) is 5.60. The Bertz CT molecular complexity index is 1960. The number of ketones is 1. The van der Waals surface area contributed by atoms with Gasteiger partial charge in [-0.1, -0.05) is 63.3 Å². The van der Waals surface area contributed by atoms with E-state index in [2.05, 4.69) is 19.2 Å². The van der Waals surface area contributed by atoms with Crippen LogP contribution < -0.4 is 11.1 Å². The van der Waals surface area contributed by atoms with Gasteiger partial charge in [-0.15, -0.1) is 0 Å². The number of nitrogen functional groups attached to an aromatic ring is 1. The van der Waals surface area contributed by atoms with Crippen LogP contribution in [0, 0.1) is 34.5 Å². The number of nitrogens with one attached hydrogen (secondary N) is 1. The summed E-state index contributed by atoms with van der Waals surface area (Å²) in [6.45, 7) is 11.8. The van der Waals surface area contributed by atoms with Gasteiger partial charge in [0.1, 0.15) is 6.61 Å². The number of aliphatic hydroxyl groups is 1. The van der Waals surface area contributed by atoms with Crippen molar-refractivity contribution in [2.75, 3.05) is 17.7 Å². The van der Waals surface area contributed by atoms with Gasteiger partial charge in [0.15, 0.2) is 23.6 Å². The second kappa shape index (κ2) is 13.2. The summed E-state index contributed by atoms with van der Waals surface area (Å²) in [4.78, 5) is 68.2. The number of benzene rings is 2. The number of hydrogen-bond donors (Lipinski definition) is 3. The molecule has 0 heterocycles. The van der Waals surface area contributed by atoms with E-state index in [1.807, 2.05) is 6.92 Å². The maximum absolute atomic E-state index is 15.1. The number of carbonyl (C=O) groups is 5. The van der Waals surface area contributed by atoms with Gasteiger partial charge in [0.05, 0.1) is 22.2 Å². The minimum Gasteiger partial charge on any atom is -0.457 e. The second-order valence-corrected chi connectivity index (χ2v) is 15.2. The molecule has 274 valence electrons. The molecule has 2 saturated carbocycles. The van der Waals surface area contributed by atoms with E-state index in [9.17, 15) is 24.3 Å². The average molecular weight is 711 g/mol.